The SMILES string of the molecule is Cc1c(Br)cc(NC(=O)Nc2cc(Br)c(C)c(N=C=O)c2)cc1N=C=O. The van der Waals surface area contributed by atoms with Gasteiger partial charge in [0.2, 0.25) is 12.2 Å². The highest BCUT2D eigenvalue weighted by Gasteiger charge is 2.10. The summed E-state index contributed by atoms with van der Waals surface area (Å²) >= 11 is 6.70. The van der Waals surface area contributed by atoms with Gasteiger partial charge in [-0.3, -0.25) is 0 Å². The van der Waals surface area contributed by atoms with Crippen LogP contribution in [-0.4, -0.2) is 18.2 Å². The van der Waals surface area contributed by atoms with E-state index in [1.54, 1.807) is 38.1 Å². The van der Waals surface area contributed by atoms with Crippen LogP contribution in [0.5, 0.6) is 0 Å². The molecule has 0 fully saturated rings. The van der Waals surface area contributed by atoms with Crippen LogP contribution in [0, 0.1) is 13.8 Å². The van der Waals surface area contributed by atoms with E-state index in [-0.39, 0.29) is 0 Å². The third-order valence-corrected chi connectivity index (χ3v) is 5.13. The topological polar surface area (TPSA) is 100.0 Å². The van der Waals surface area contributed by atoms with Crippen LogP contribution < -0.4 is 10.6 Å². The molecule has 9 heteroatoms. The van der Waals surface area contributed by atoms with Gasteiger partial charge < -0.3 is 10.6 Å². The minimum atomic E-state index is -0.515. The van der Waals surface area contributed by atoms with Crippen molar-refractivity contribution >= 4 is 72.8 Å². The molecule has 0 radical (unpaired) electrons. The smallest absolute Gasteiger partial charge is 0.308 e. The van der Waals surface area contributed by atoms with Gasteiger partial charge in [0.25, 0.3) is 0 Å². The van der Waals surface area contributed by atoms with Crippen molar-refractivity contribution in [3.63, 3.8) is 0 Å². The van der Waals surface area contributed by atoms with E-state index in [1.807, 2.05) is 0 Å². The van der Waals surface area contributed by atoms with Crippen LogP contribution in [0.4, 0.5) is 27.5 Å². The van der Waals surface area contributed by atoms with Crippen LogP contribution in [0.2, 0.25) is 0 Å². The van der Waals surface area contributed by atoms with Gasteiger partial charge in [0.05, 0.1) is 11.4 Å². The monoisotopic (exact) mass is 478 g/mol. The van der Waals surface area contributed by atoms with E-state index in [2.05, 4.69) is 52.5 Å². The standard InChI is InChI=1S/C17H12Br2N4O3/c1-9-13(18)3-11(5-15(9)20-7-24)22-17(26)23-12-4-14(19)10(2)16(6-12)21-8-25/h3-6H,1-2H3,(H2,22,23,26). The molecule has 132 valence electrons. The number of anilines is 2. The minimum absolute atomic E-state index is 0.394. The molecule has 2 N–H and O–H groups in total. The maximum Gasteiger partial charge on any atom is 0.323 e. The summed E-state index contributed by atoms with van der Waals surface area (Å²) in [6, 6.07) is 5.96. The van der Waals surface area contributed by atoms with Gasteiger partial charge in [-0.05, 0) is 49.2 Å². The molecule has 2 rings (SSSR count). The Morgan fingerprint density at radius 2 is 1.23 bits per heavy atom. The van der Waals surface area contributed by atoms with E-state index in [4.69, 9.17) is 0 Å². The molecule has 0 saturated carbocycles. The summed E-state index contributed by atoms with van der Waals surface area (Å²) < 4.78 is 1.37. The summed E-state index contributed by atoms with van der Waals surface area (Å²) in [5.74, 6) is 0. The Morgan fingerprint density at radius 3 is 1.58 bits per heavy atom. The number of isocyanates is 2. The zero-order chi connectivity index (χ0) is 19.3. The van der Waals surface area contributed by atoms with Crippen molar-refractivity contribution in [2.45, 2.75) is 13.8 Å². The first kappa shape index (κ1) is 19.8. The highest BCUT2D eigenvalue weighted by atomic mass is 79.9. The maximum atomic E-state index is 12.2. The number of amides is 2. The molecule has 0 aromatic heterocycles. The number of halogens is 2. The Bertz CT molecular complexity index is 901. The van der Waals surface area contributed by atoms with Crippen molar-refractivity contribution in [3.8, 4) is 0 Å². The molecule has 0 aliphatic heterocycles. The van der Waals surface area contributed by atoms with Gasteiger partial charge >= 0.3 is 6.03 Å². The maximum absolute atomic E-state index is 12.2. The third kappa shape index (κ3) is 4.74. The van der Waals surface area contributed by atoms with Crippen molar-refractivity contribution in [1.82, 2.24) is 0 Å². The molecular weight excluding hydrogens is 468 g/mol. The fourth-order valence-corrected chi connectivity index (χ4v) is 3.00. The van der Waals surface area contributed by atoms with Gasteiger partial charge in [-0.1, -0.05) is 31.9 Å². The van der Waals surface area contributed by atoms with Crippen LogP contribution in [0.25, 0.3) is 0 Å². The lowest BCUT2D eigenvalue weighted by Gasteiger charge is -2.12. The second-order valence-electron chi connectivity index (χ2n) is 5.19. The molecular formula is C17H12Br2N4O3. The quantitative estimate of drug-likeness (QED) is 0.453. The van der Waals surface area contributed by atoms with Crippen molar-refractivity contribution in [2.24, 2.45) is 9.98 Å². The Balaban J connectivity index is 2.24. The molecule has 0 spiro atoms. The van der Waals surface area contributed by atoms with Crippen molar-refractivity contribution in [2.75, 3.05) is 10.6 Å². The molecule has 0 aliphatic rings. The van der Waals surface area contributed by atoms with Gasteiger partial charge in [-0.2, -0.15) is 9.98 Å². The first-order valence-corrected chi connectivity index (χ1v) is 8.78. The van der Waals surface area contributed by atoms with Crippen LogP contribution >= 0.6 is 31.9 Å². The van der Waals surface area contributed by atoms with E-state index in [0.29, 0.717) is 31.7 Å². The van der Waals surface area contributed by atoms with Gasteiger partial charge in [-0.25, -0.2) is 14.4 Å². The summed E-state index contributed by atoms with van der Waals surface area (Å²) in [7, 11) is 0. The normalized spacial score (nSPS) is 9.69. The first-order valence-electron chi connectivity index (χ1n) is 7.19. The summed E-state index contributed by atoms with van der Waals surface area (Å²) in [5, 5.41) is 5.30. The van der Waals surface area contributed by atoms with E-state index in [1.165, 1.54) is 12.2 Å². The minimum Gasteiger partial charge on any atom is -0.308 e. The van der Waals surface area contributed by atoms with Gasteiger partial charge in [-0.15, -0.1) is 0 Å². The number of nitrogens with one attached hydrogen (secondary N) is 2. The van der Waals surface area contributed by atoms with Crippen LogP contribution in [0.1, 0.15) is 11.1 Å². The lowest BCUT2D eigenvalue weighted by molar-refractivity contribution is 0.262. The second kappa shape index (κ2) is 8.69. The first-order chi connectivity index (χ1) is 12.3. The Labute approximate surface area is 165 Å². The van der Waals surface area contributed by atoms with Gasteiger partial charge in [0.1, 0.15) is 0 Å². The number of hydrogen-bond donors (Lipinski definition) is 2. The van der Waals surface area contributed by atoms with Crippen LogP contribution in [-0.2, 0) is 9.59 Å². The van der Waals surface area contributed by atoms with Crippen molar-refractivity contribution in [1.29, 1.82) is 0 Å². The lowest BCUT2D eigenvalue weighted by Crippen LogP contribution is -2.19. The van der Waals surface area contributed by atoms with E-state index in [0.717, 1.165) is 11.1 Å². The zero-order valence-electron chi connectivity index (χ0n) is 13.7. The highest BCUT2D eigenvalue weighted by molar-refractivity contribution is 9.10. The molecule has 2 aromatic carbocycles. The average Bonchev–Trinajstić information content (AvgIpc) is 2.57. The summed E-state index contributed by atoms with van der Waals surface area (Å²) in [4.78, 5) is 40.5. The molecule has 0 heterocycles. The highest BCUT2D eigenvalue weighted by Crippen LogP contribution is 2.32. The van der Waals surface area contributed by atoms with Gasteiger partial charge in [0, 0.05) is 20.3 Å². The number of carbonyl (C=O) groups excluding carboxylic acids is 3. The number of hydrogen-bond acceptors (Lipinski definition) is 5. The Hall–Kier alpha value is -2.57. The Kier molecular flexibility index (Phi) is 6.60. The predicted octanol–water partition coefficient (Wildman–Crippen LogP) is 5.41. The number of nitrogens with zero attached hydrogens (tertiary/aromatic N) is 2. The molecule has 2 amide bonds. The van der Waals surface area contributed by atoms with Crippen LogP contribution in [0.3, 0.4) is 0 Å². The third-order valence-electron chi connectivity index (χ3n) is 3.48. The van der Waals surface area contributed by atoms with Gasteiger partial charge in [0.15, 0.2) is 0 Å². The molecule has 0 unspecified atom stereocenters. The molecule has 2 aromatic rings. The molecule has 0 saturated heterocycles. The molecule has 26 heavy (non-hydrogen) atoms. The number of rotatable bonds is 4. The van der Waals surface area contributed by atoms with Crippen molar-refractivity contribution in [3.05, 3.63) is 44.3 Å². The molecule has 0 bridgehead atoms. The van der Waals surface area contributed by atoms with Crippen molar-refractivity contribution < 1.29 is 14.4 Å². The number of aliphatic imine (C=N–C) groups is 2. The Morgan fingerprint density at radius 1 is 0.846 bits per heavy atom. The van der Waals surface area contributed by atoms with E-state index >= 15 is 0 Å². The second-order valence-corrected chi connectivity index (χ2v) is 6.90. The molecule has 7 nitrogen and oxygen atoms in total. The fourth-order valence-electron chi connectivity index (χ4n) is 2.10. The summed E-state index contributed by atoms with van der Waals surface area (Å²) in [6.45, 7) is 3.56. The number of carbonyl (C=O) groups is 1. The van der Waals surface area contributed by atoms with E-state index in [9.17, 15) is 14.4 Å². The van der Waals surface area contributed by atoms with E-state index < -0.39 is 6.03 Å². The zero-order valence-corrected chi connectivity index (χ0v) is 16.9. The molecule has 0 aliphatic carbocycles. The number of benzene rings is 2. The lowest BCUT2D eigenvalue weighted by atomic mass is 10.2. The predicted molar refractivity (Wildman–Crippen MR) is 106 cm³/mol. The van der Waals surface area contributed by atoms with Crippen LogP contribution in [0.15, 0.2) is 43.2 Å². The average molecular weight is 480 g/mol. The fraction of sp³-hybridized carbons (Fsp3) is 0.118. The summed E-state index contributed by atoms with van der Waals surface area (Å²) in [5.41, 5.74) is 3.16. The summed E-state index contributed by atoms with van der Waals surface area (Å²) in [6.07, 6.45) is 2.96. The largest absolute Gasteiger partial charge is 0.323 e. The molecule has 0 atom stereocenters. The number of urea groups is 1.